The maximum absolute atomic E-state index is 4.38. The van der Waals surface area contributed by atoms with Crippen LogP contribution in [0, 0.1) is 0 Å². The molecule has 2 aromatic rings. The van der Waals surface area contributed by atoms with Crippen LogP contribution in [0.25, 0.3) is 0 Å². The number of hydrogen-bond acceptors (Lipinski definition) is 4. The highest BCUT2D eigenvalue weighted by Gasteiger charge is 1.99. The van der Waals surface area contributed by atoms with Gasteiger partial charge in [0.25, 0.3) is 0 Å². The molecule has 0 bridgehead atoms. The molecule has 1 N–H and O–H groups in total. The lowest BCUT2D eigenvalue weighted by Crippen LogP contribution is -2.14. The van der Waals surface area contributed by atoms with Crippen LogP contribution in [0.1, 0.15) is 24.5 Å². The van der Waals surface area contributed by atoms with E-state index in [9.17, 15) is 0 Å². The van der Waals surface area contributed by atoms with Crippen LogP contribution in [-0.2, 0) is 12.3 Å². The van der Waals surface area contributed by atoms with Gasteiger partial charge in [0, 0.05) is 30.3 Å². The summed E-state index contributed by atoms with van der Waals surface area (Å²) in [6.07, 6.45) is 4.96. The first-order chi connectivity index (χ1) is 9.38. The summed E-state index contributed by atoms with van der Waals surface area (Å²) >= 11 is 1.67. The van der Waals surface area contributed by atoms with E-state index in [1.807, 2.05) is 18.5 Å². The van der Waals surface area contributed by atoms with Crippen molar-refractivity contribution < 1.29 is 0 Å². The molecule has 0 aliphatic heterocycles. The maximum Gasteiger partial charge on any atom is 0.187 e. The van der Waals surface area contributed by atoms with E-state index in [0.717, 1.165) is 36.0 Å². The van der Waals surface area contributed by atoms with Crippen molar-refractivity contribution in [3.8, 4) is 0 Å². The second-order valence-electron chi connectivity index (χ2n) is 4.32. The van der Waals surface area contributed by atoms with Gasteiger partial charge in [0.2, 0.25) is 0 Å². The normalized spacial score (nSPS) is 10.6. The minimum absolute atomic E-state index is 0.836. The fourth-order valence-electron chi connectivity index (χ4n) is 1.64. The molecule has 0 atom stereocenters. The van der Waals surface area contributed by atoms with Crippen LogP contribution in [0.15, 0.2) is 47.9 Å². The SMILES string of the molecule is CCCNCc1cnc(SCc2ccccc2)nc1. The van der Waals surface area contributed by atoms with Crippen molar-refractivity contribution in [1.29, 1.82) is 0 Å². The van der Waals surface area contributed by atoms with Gasteiger partial charge in [-0.15, -0.1) is 0 Å². The van der Waals surface area contributed by atoms with Crippen LogP contribution in [-0.4, -0.2) is 16.5 Å². The Morgan fingerprint density at radius 2 is 1.79 bits per heavy atom. The van der Waals surface area contributed by atoms with Crippen molar-refractivity contribution in [2.45, 2.75) is 30.8 Å². The first-order valence-electron chi connectivity index (χ1n) is 6.57. The van der Waals surface area contributed by atoms with Gasteiger partial charge < -0.3 is 5.32 Å². The number of thioether (sulfide) groups is 1. The van der Waals surface area contributed by atoms with Crippen molar-refractivity contribution in [3.05, 3.63) is 53.9 Å². The summed E-state index contributed by atoms with van der Waals surface area (Å²) < 4.78 is 0. The van der Waals surface area contributed by atoms with E-state index in [4.69, 9.17) is 0 Å². The second-order valence-corrected chi connectivity index (χ2v) is 5.27. The Balaban J connectivity index is 1.81. The van der Waals surface area contributed by atoms with Crippen molar-refractivity contribution in [1.82, 2.24) is 15.3 Å². The number of rotatable bonds is 7. The largest absolute Gasteiger partial charge is 0.313 e. The molecule has 2 rings (SSSR count). The molecule has 4 heteroatoms. The zero-order valence-corrected chi connectivity index (χ0v) is 12.0. The third-order valence-electron chi connectivity index (χ3n) is 2.65. The summed E-state index contributed by atoms with van der Waals surface area (Å²) in [6, 6.07) is 10.4. The Kier molecular flexibility index (Phi) is 5.85. The average Bonchev–Trinajstić information content (AvgIpc) is 2.48. The van der Waals surface area contributed by atoms with Gasteiger partial charge >= 0.3 is 0 Å². The summed E-state index contributed by atoms with van der Waals surface area (Å²) in [7, 11) is 0. The molecule has 0 amide bonds. The Bertz CT molecular complexity index is 471. The zero-order chi connectivity index (χ0) is 13.3. The molecule has 100 valence electrons. The van der Waals surface area contributed by atoms with Crippen LogP contribution in [0.2, 0.25) is 0 Å². The van der Waals surface area contributed by atoms with E-state index in [0.29, 0.717) is 0 Å². The van der Waals surface area contributed by atoms with E-state index in [1.54, 1.807) is 11.8 Å². The fourth-order valence-corrected chi connectivity index (χ4v) is 2.38. The van der Waals surface area contributed by atoms with Gasteiger partial charge in [0.05, 0.1) is 0 Å². The first-order valence-corrected chi connectivity index (χ1v) is 7.55. The number of nitrogens with zero attached hydrogens (tertiary/aromatic N) is 2. The molecule has 1 aromatic heterocycles. The molecule has 1 aromatic carbocycles. The summed E-state index contributed by atoms with van der Waals surface area (Å²) in [4.78, 5) is 8.77. The molecule has 0 unspecified atom stereocenters. The van der Waals surface area contributed by atoms with Crippen molar-refractivity contribution >= 4 is 11.8 Å². The molecule has 0 fully saturated rings. The van der Waals surface area contributed by atoms with Gasteiger partial charge in [-0.2, -0.15) is 0 Å². The van der Waals surface area contributed by atoms with E-state index in [2.05, 4.69) is 46.5 Å². The molecule has 0 radical (unpaired) electrons. The van der Waals surface area contributed by atoms with Crippen LogP contribution in [0.5, 0.6) is 0 Å². The van der Waals surface area contributed by atoms with Crippen LogP contribution in [0.4, 0.5) is 0 Å². The summed E-state index contributed by atoms with van der Waals surface area (Å²) in [5.74, 6) is 0.911. The zero-order valence-electron chi connectivity index (χ0n) is 11.2. The molecule has 0 aliphatic rings. The quantitative estimate of drug-likeness (QED) is 0.477. The van der Waals surface area contributed by atoms with Crippen LogP contribution in [0.3, 0.4) is 0 Å². The van der Waals surface area contributed by atoms with Gasteiger partial charge in [-0.25, -0.2) is 9.97 Å². The Morgan fingerprint density at radius 1 is 1.05 bits per heavy atom. The molecular weight excluding hydrogens is 254 g/mol. The summed E-state index contributed by atoms with van der Waals surface area (Å²) in [5.41, 5.74) is 2.43. The standard InChI is InChI=1S/C15H19N3S/c1-2-8-16-9-14-10-17-15(18-11-14)19-12-13-6-4-3-5-7-13/h3-7,10-11,16H,2,8-9,12H2,1H3. The molecule has 0 aliphatic carbocycles. The molecule has 0 saturated carbocycles. The lowest BCUT2D eigenvalue weighted by Gasteiger charge is -2.04. The van der Waals surface area contributed by atoms with Gasteiger partial charge in [-0.1, -0.05) is 49.0 Å². The minimum atomic E-state index is 0.836. The number of hydrogen-bond donors (Lipinski definition) is 1. The van der Waals surface area contributed by atoms with Gasteiger partial charge in [0.1, 0.15) is 0 Å². The molecule has 19 heavy (non-hydrogen) atoms. The Labute approximate surface area is 118 Å². The first kappa shape index (κ1) is 14.0. The summed E-state index contributed by atoms with van der Waals surface area (Å²) in [5, 5.41) is 4.18. The van der Waals surface area contributed by atoms with Gasteiger partial charge in [-0.05, 0) is 18.5 Å². The van der Waals surface area contributed by atoms with E-state index < -0.39 is 0 Å². The highest BCUT2D eigenvalue weighted by atomic mass is 32.2. The van der Waals surface area contributed by atoms with Gasteiger partial charge in [0.15, 0.2) is 5.16 Å². The number of aromatic nitrogens is 2. The topological polar surface area (TPSA) is 37.8 Å². The highest BCUT2D eigenvalue weighted by molar-refractivity contribution is 7.98. The maximum atomic E-state index is 4.38. The van der Waals surface area contributed by atoms with Crippen molar-refractivity contribution in [3.63, 3.8) is 0 Å². The molecule has 0 spiro atoms. The molecule has 0 saturated heterocycles. The predicted octanol–water partition coefficient (Wildman–Crippen LogP) is 3.27. The van der Waals surface area contributed by atoms with E-state index in [-0.39, 0.29) is 0 Å². The molecule has 3 nitrogen and oxygen atoms in total. The second kappa shape index (κ2) is 7.92. The molecule has 1 heterocycles. The third kappa shape index (κ3) is 5.01. The minimum Gasteiger partial charge on any atom is -0.313 e. The lowest BCUT2D eigenvalue weighted by molar-refractivity contribution is 0.669. The van der Waals surface area contributed by atoms with Crippen LogP contribution >= 0.6 is 11.8 Å². The smallest absolute Gasteiger partial charge is 0.187 e. The Morgan fingerprint density at radius 3 is 2.47 bits per heavy atom. The Hall–Kier alpha value is -1.39. The van der Waals surface area contributed by atoms with Crippen LogP contribution < -0.4 is 5.32 Å². The monoisotopic (exact) mass is 273 g/mol. The average molecular weight is 273 g/mol. The van der Waals surface area contributed by atoms with E-state index >= 15 is 0 Å². The predicted molar refractivity (Wildman–Crippen MR) is 80.0 cm³/mol. The number of nitrogens with one attached hydrogen (secondary N) is 1. The van der Waals surface area contributed by atoms with Crippen molar-refractivity contribution in [2.24, 2.45) is 0 Å². The van der Waals surface area contributed by atoms with E-state index in [1.165, 1.54) is 5.56 Å². The number of benzene rings is 1. The van der Waals surface area contributed by atoms with Gasteiger partial charge in [-0.3, -0.25) is 0 Å². The highest BCUT2D eigenvalue weighted by Crippen LogP contribution is 2.18. The third-order valence-corrected chi connectivity index (χ3v) is 3.59. The van der Waals surface area contributed by atoms with Crippen molar-refractivity contribution in [2.75, 3.05) is 6.54 Å². The summed E-state index contributed by atoms with van der Waals surface area (Å²) in [6.45, 7) is 4.04. The lowest BCUT2D eigenvalue weighted by atomic mass is 10.2. The molecular formula is C15H19N3S. The fraction of sp³-hybridized carbons (Fsp3) is 0.333.